The van der Waals surface area contributed by atoms with Gasteiger partial charge in [0.1, 0.15) is 18.2 Å². The van der Waals surface area contributed by atoms with Crippen LogP contribution in [0.2, 0.25) is 0 Å². The average molecular weight is 601 g/mol. The minimum absolute atomic E-state index is 0.00115. The summed E-state index contributed by atoms with van der Waals surface area (Å²) in [5, 5.41) is 18.7. The van der Waals surface area contributed by atoms with Gasteiger partial charge in [0.25, 0.3) is 5.91 Å². The SMILES string of the molecule is COc1cc(C=C(C#N)C(=O)NCCN)ccc1OCc1ccc(C(F)(F)F)cc1C(F)(F)F.O=C(O)C(F)(F)F. The summed E-state index contributed by atoms with van der Waals surface area (Å²) in [5.74, 6) is -3.34. The molecule has 0 atom stereocenters. The van der Waals surface area contributed by atoms with Crippen molar-refractivity contribution in [1.29, 1.82) is 5.26 Å². The Balaban J connectivity index is 0.00000106. The van der Waals surface area contributed by atoms with Gasteiger partial charge in [-0.1, -0.05) is 12.1 Å². The van der Waals surface area contributed by atoms with Gasteiger partial charge in [-0.2, -0.15) is 44.8 Å². The minimum atomic E-state index is -5.08. The monoisotopic (exact) mass is 601 g/mol. The van der Waals surface area contributed by atoms with E-state index in [0.29, 0.717) is 17.7 Å². The molecule has 0 aliphatic carbocycles. The van der Waals surface area contributed by atoms with E-state index in [1.807, 2.05) is 0 Å². The van der Waals surface area contributed by atoms with Crippen molar-refractivity contribution < 1.29 is 63.7 Å². The molecule has 2 aromatic carbocycles. The first kappa shape index (κ1) is 34.6. The van der Waals surface area contributed by atoms with E-state index in [1.54, 1.807) is 6.07 Å². The number of ether oxygens (including phenoxy) is 2. The standard InChI is InChI=1S/C22H19F6N3O3.C2HF3O2/c1-33-19-9-13(8-15(11-30)20(32)31-7-6-29)2-5-18(19)34-12-14-3-4-16(21(23,24)25)10-17(14)22(26,27)28;3-2(4,5)1(6)7/h2-5,8-10H,6-7,12,29H2,1H3,(H,31,32);(H,6,7). The highest BCUT2D eigenvalue weighted by Gasteiger charge is 2.39. The summed E-state index contributed by atoms with van der Waals surface area (Å²) in [5.41, 5.74) is 2.03. The van der Waals surface area contributed by atoms with Crippen molar-refractivity contribution in [2.45, 2.75) is 25.1 Å². The number of nitriles is 1. The molecule has 0 bridgehead atoms. The predicted molar refractivity (Wildman–Crippen MR) is 123 cm³/mol. The molecule has 224 valence electrons. The lowest BCUT2D eigenvalue weighted by Gasteiger charge is -2.17. The Morgan fingerprint density at radius 3 is 2.07 bits per heavy atom. The maximum absolute atomic E-state index is 13.3. The fourth-order valence-electron chi connectivity index (χ4n) is 2.79. The van der Waals surface area contributed by atoms with Gasteiger partial charge in [0.15, 0.2) is 11.5 Å². The molecule has 1 amide bonds. The number of rotatable bonds is 8. The zero-order valence-electron chi connectivity index (χ0n) is 20.7. The number of aliphatic carboxylic acids is 1. The molecule has 0 aliphatic rings. The lowest BCUT2D eigenvalue weighted by atomic mass is 10.0. The highest BCUT2D eigenvalue weighted by Crippen LogP contribution is 2.38. The second-order valence-corrected chi connectivity index (χ2v) is 7.58. The van der Waals surface area contributed by atoms with Gasteiger partial charge in [0, 0.05) is 18.7 Å². The van der Waals surface area contributed by atoms with Crippen molar-refractivity contribution >= 4 is 18.0 Å². The number of halogens is 9. The Kier molecular flexibility index (Phi) is 12.0. The third kappa shape index (κ3) is 10.9. The van der Waals surface area contributed by atoms with Crippen molar-refractivity contribution in [3.8, 4) is 17.6 Å². The summed E-state index contributed by atoms with van der Waals surface area (Å²) in [6, 6.07) is 7.14. The third-order valence-corrected chi connectivity index (χ3v) is 4.66. The van der Waals surface area contributed by atoms with Crippen LogP contribution in [0.5, 0.6) is 11.5 Å². The van der Waals surface area contributed by atoms with Crippen LogP contribution in [0.15, 0.2) is 42.0 Å². The van der Waals surface area contributed by atoms with Gasteiger partial charge >= 0.3 is 24.5 Å². The summed E-state index contributed by atoms with van der Waals surface area (Å²) in [6.45, 7) is -0.347. The molecule has 0 aromatic heterocycles. The Morgan fingerprint density at radius 2 is 1.61 bits per heavy atom. The lowest BCUT2D eigenvalue weighted by molar-refractivity contribution is -0.192. The summed E-state index contributed by atoms with van der Waals surface area (Å²) >= 11 is 0. The Hall–Kier alpha value is -4.46. The normalized spacial score (nSPS) is 12.0. The van der Waals surface area contributed by atoms with Crippen LogP contribution in [0.3, 0.4) is 0 Å². The fourth-order valence-corrected chi connectivity index (χ4v) is 2.79. The number of methoxy groups -OCH3 is 1. The number of benzene rings is 2. The number of hydrogen-bond acceptors (Lipinski definition) is 6. The second kappa shape index (κ2) is 14.3. The molecule has 0 saturated heterocycles. The van der Waals surface area contributed by atoms with Crippen LogP contribution < -0.4 is 20.5 Å². The van der Waals surface area contributed by atoms with E-state index < -0.39 is 53.7 Å². The highest BCUT2D eigenvalue weighted by molar-refractivity contribution is 6.01. The molecule has 17 heteroatoms. The molecule has 0 fully saturated rings. The molecule has 0 unspecified atom stereocenters. The number of nitrogens with one attached hydrogen (secondary N) is 1. The van der Waals surface area contributed by atoms with Gasteiger partial charge in [-0.15, -0.1) is 0 Å². The van der Waals surface area contributed by atoms with E-state index in [-0.39, 0.29) is 36.2 Å². The number of carboxylic acid groups (broad SMARTS) is 1. The number of carbonyl (C=O) groups is 2. The third-order valence-electron chi connectivity index (χ3n) is 4.66. The van der Waals surface area contributed by atoms with Crippen molar-refractivity contribution in [3.05, 3.63) is 64.2 Å². The molecule has 41 heavy (non-hydrogen) atoms. The van der Waals surface area contributed by atoms with E-state index in [1.165, 1.54) is 31.4 Å². The van der Waals surface area contributed by atoms with Crippen molar-refractivity contribution in [1.82, 2.24) is 5.32 Å². The van der Waals surface area contributed by atoms with Crippen LogP contribution in [0.1, 0.15) is 22.3 Å². The number of hydrogen-bond donors (Lipinski definition) is 3. The van der Waals surface area contributed by atoms with Crippen LogP contribution >= 0.6 is 0 Å². The molecule has 8 nitrogen and oxygen atoms in total. The number of amides is 1. The smallest absolute Gasteiger partial charge is 0.490 e. The number of nitrogens with two attached hydrogens (primary N) is 1. The van der Waals surface area contributed by atoms with Crippen LogP contribution in [-0.2, 0) is 28.5 Å². The maximum atomic E-state index is 13.3. The molecule has 2 rings (SSSR count). The minimum Gasteiger partial charge on any atom is -0.493 e. The van der Waals surface area contributed by atoms with Gasteiger partial charge in [-0.25, -0.2) is 4.79 Å². The number of alkyl halides is 9. The lowest BCUT2D eigenvalue weighted by Crippen LogP contribution is -2.29. The van der Waals surface area contributed by atoms with E-state index in [4.69, 9.17) is 25.1 Å². The van der Waals surface area contributed by atoms with Crippen molar-refractivity contribution in [3.63, 3.8) is 0 Å². The number of carboxylic acids is 1. The average Bonchev–Trinajstić information content (AvgIpc) is 2.87. The molecule has 0 spiro atoms. The second-order valence-electron chi connectivity index (χ2n) is 7.58. The van der Waals surface area contributed by atoms with Gasteiger partial charge in [0.2, 0.25) is 0 Å². The zero-order valence-corrected chi connectivity index (χ0v) is 20.7. The number of carbonyl (C=O) groups excluding carboxylic acids is 1. The van der Waals surface area contributed by atoms with E-state index >= 15 is 0 Å². The van der Waals surface area contributed by atoms with Crippen molar-refractivity contribution in [2.24, 2.45) is 5.73 Å². The quantitative estimate of drug-likeness (QED) is 0.222. The summed E-state index contributed by atoms with van der Waals surface area (Å²) in [7, 11) is 1.26. The molecule has 2 aromatic rings. The van der Waals surface area contributed by atoms with Crippen LogP contribution in [-0.4, -0.2) is 43.4 Å². The van der Waals surface area contributed by atoms with Crippen LogP contribution in [0, 0.1) is 11.3 Å². The van der Waals surface area contributed by atoms with E-state index in [0.717, 1.165) is 0 Å². The summed E-state index contributed by atoms with van der Waals surface area (Å²) in [4.78, 5) is 20.8. The van der Waals surface area contributed by atoms with Gasteiger partial charge < -0.3 is 25.6 Å². The zero-order chi connectivity index (χ0) is 31.6. The largest absolute Gasteiger partial charge is 0.493 e. The number of nitrogens with zero attached hydrogens (tertiary/aromatic N) is 1. The Bertz CT molecular complexity index is 1300. The first-order valence-electron chi connectivity index (χ1n) is 10.8. The molecular formula is C24H20F9N3O5. The molecular weight excluding hydrogens is 581 g/mol. The Labute approximate surface area is 225 Å². The predicted octanol–water partition coefficient (Wildman–Crippen LogP) is 4.93. The summed E-state index contributed by atoms with van der Waals surface area (Å²) in [6.07, 6.45) is -13.8. The molecule has 4 N–H and O–H groups in total. The Morgan fingerprint density at radius 1 is 1.00 bits per heavy atom. The summed E-state index contributed by atoms with van der Waals surface area (Å²) < 4.78 is 121. The topological polar surface area (TPSA) is 135 Å². The fraction of sp³-hybridized carbons (Fsp3) is 0.292. The molecule has 0 aliphatic heterocycles. The van der Waals surface area contributed by atoms with Gasteiger partial charge in [0.05, 0.1) is 18.2 Å². The van der Waals surface area contributed by atoms with E-state index in [9.17, 15) is 49.6 Å². The van der Waals surface area contributed by atoms with Gasteiger partial charge in [-0.3, -0.25) is 4.79 Å². The van der Waals surface area contributed by atoms with Crippen LogP contribution in [0.25, 0.3) is 6.08 Å². The van der Waals surface area contributed by atoms with Crippen molar-refractivity contribution in [2.75, 3.05) is 20.2 Å². The van der Waals surface area contributed by atoms with Gasteiger partial charge in [-0.05, 0) is 35.9 Å². The molecule has 0 saturated carbocycles. The highest BCUT2D eigenvalue weighted by atomic mass is 19.4. The first-order valence-corrected chi connectivity index (χ1v) is 10.8. The molecule has 0 radical (unpaired) electrons. The molecule has 0 heterocycles. The van der Waals surface area contributed by atoms with Crippen LogP contribution in [0.4, 0.5) is 39.5 Å². The van der Waals surface area contributed by atoms with E-state index in [2.05, 4.69) is 5.32 Å². The first-order chi connectivity index (χ1) is 18.8. The maximum Gasteiger partial charge on any atom is 0.490 e.